The topological polar surface area (TPSA) is 90.9 Å². The molecule has 7 heteroatoms. The molecule has 0 spiro atoms. The number of methoxy groups -OCH3 is 2. The maximum absolute atomic E-state index is 12.9. The van der Waals surface area contributed by atoms with E-state index in [1.54, 1.807) is 0 Å². The summed E-state index contributed by atoms with van der Waals surface area (Å²) in [5.74, 6) is -1.09. The Morgan fingerprint density at radius 3 is 2.10 bits per heavy atom. The Balaban J connectivity index is 1.86. The number of benzene rings is 3. The Morgan fingerprint density at radius 1 is 0.871 bits per heavy atom. The highest BCUT2D eigenvalue weighted by atomic mass is 16.5. The maximum atomic E-state index is 12.9. The molecular formula is C24H23NO6. The third kappa shape index (κ3) is 5.01. The van der Waals surface area contributed by atoms with E-state index in [0.717, 1.165) is 10.8 Å². The molecule has 160 valence electrons. The van der Waals surface area contributed by atoms with Crippen molar-refractivity contribution in [1.82, 2.24) is 0 Å². The van der Waals surface area contributed by atoms with Gasteiger partial charge in [0, 0.05) is 11.1 Å². The zero-order valence-electron chi connectivity index (χ0n) is 17.5. The minimum atomic E-state index is -0.783. The minimum absolute atomic E-state index is 0.115. The first-order valence-corrected chi connectivity index (χ1v) is 9.73. The zero-order chi connectivity index (χ0) is 22.4. The van der Waals surface area contributed by atoms with Crippen molar-refractivity contribution in [1.29, 1.82) is 0 Å². The van der Waals surface area contributed by atoms with Crippen LogP contribution in [-0.2, 0) is 14.3 Å². The van der Waals surface area contributed by atoms with E-state index in [1.165, 1.54) is 32.4 Å². The summed E-state index contributed by atoms with van der Waals surface area (Å²) in [7, 11) is 2.47. The van der Waals surface area contributed by atoms with Crippen LogP contribution in [0.15, 0.2) is 60.7 Å². The van der Waals surface area contributed by atoms with Gasteiger partial charge in [-0.2, -0.15) is 0 Å². The van der Waals surface area contributed by atoms with Crippen LogP contribution >= 0.6 is 0 Å². The summed E-state index contributed by atoms with van der Waals surface area (Å²) in [5.41, 5.74) is 0.487. The molecule has 1 N–H and O–H groups in total. The van der Waals surface area contributed by atoms with Crippen LogP contribution in [0.3, 0.4) is 0 Å². The minimum Gasteiger partial charge on any atom is -0.480 e. The van der Waals surface area contributed by atoms with Crippen LogP contribution in [0.1, 0.15) is 34.1 Å². The molecule has 0 radical (unpaired) electrons. The smallest absolute Gasteiger partial charge is 0.337 e. The van der Waals surface area contributed by atoms with Gasteiger partial charge in [0.15, 0.2) is 6.10 Å². The molecule has 3 aromatic carbocycles. The molecule has 0 aliphatic carbocycles. The predicted octanol–water partition coefficient (Wildman–Crippen LogP) is 4.21. The van der Waals surface area contributed by atoms with Crippen molar-refractivity contribution in [3.63, 3.8) is 0 Å². The van der Waals surface area contributed by atoms with Crippen LogP contribution in [0.25, 0.3) is 10.8 Å². The van der Waals surface area contributed by atoms with Crippen molar-refractivity contribution in [3.8, 4) is 5.75 Å². The molecule has 0 unspecified atom stereocenters. The number of hydrogen-bond acceptors (Lipinski definition) is 6. The molecule has 0 saturated heterocycles. The van der Waals surface area contributed by atoms with Crippen LogP contribution in [0, 0.1) is 0 Å². The van der Waals surface area contributed by atoms with E-state index in [4.69, 9.17) is 14.2 Å². The molecule has 0 aliphatic rings. The van der Waals surface area contributed by atoms with E-state index >= 15 is 0 Å². The number of carbonyl (C=O) groups excluding carboxylic acids is 3. The van der Waals surface area contributed by atoms with Crippen LogP contribution in [0.4, 0.5) is 5.69 Å². The molecule has 1 atom stereocenters. The Kier molecular flexibility index (Phi) is 6.87. The Hall–Kier alpha value is -3.87. The van der Waals surface area contributed by atoms with E-state index in [9.17, 15) is 14.4 Å². The van der Waals surface area contributed by atoms with Crippen LogP contribution < -0.4 is 10.1 Å². The molecule has 3 rings (SSSR count). The normalized spacial score (nSPS) is 11.5. The second-order valence-corrected chi connectivity index (χ2v) is 6.76. The molecule has 0 fully saturated rings. The number of nitrogens with one attached hydrogen (secondary N) is 1. The van der Waals surface area contributed by atoms with Gasteiger partial charge in [-0.25, -0.2) is 9.59 Å². The molecule has 0 saturated carbocycles. The first kappa shape index (κ1) is 21.8. The van der Waals surface area contributed by atoms with Crippen molar-refractivity contribution in [3.05, 3.63) is 71.8 Å². The first-order valence-electron chi connectivity index (χ1n) is 9.73. The standard InChI is InChI=1S/C24H23NO6/c1-4-20(31-21-11-7-9-15-8-5-6-10-19(15)21)22(26)25-18-13-16(23(27)29-2)12-17(14-18)24(28)30-3/h5-14,20H,4H2,1-3H3,(H,25,26)/t20-/m0/s1. The van der Waals surface area contributed by atoms with Crippen LogP contribution in [0.2, 0.25) is 0 Å². The average molecular weight is 421 g/mol. The number of esters is 2. The van der Waals surface area contributed by atoms with Crippen molar-refractivity contribution >= 4 is 34.3 Å². The molecule has 31 heavy (non-hydrogen) atoms. The zero-order valence-corrected chi connectivity index (χ0v) is 17.5. The molecule has 1 amide bonds. The number of carbonyl (C=O) groups is 3. The Labute approximate surface area is 179 Å². The van der Waals surface area contributed by atoms with Gasteiger partial charge in [-0.1, -0.05) is 43.3 Å². The summed E-state index contributed by atoms with van der Waals surface area (Å²) >= 11 is 0. The van der Waals surface area contributed by atoms with Gasteiger partial charge >= 0.3 is 11.9 Å². The Morgan fingerprint density at radius 2 is 1.48 bits per heavy atom. The van der Waals surface area contributed by atoms with Gasteiger partial charge in [-0.3, -0.25) is 4.79 Å². The highest BCUT2D eigenvalue weighted by Gasteiger charge is 2.21. The summed E-state index contributed by atoms with van der Waals surface area (Å²) < 4.78 is 15.5. The molecule has 7 nitrogen and oxygen atoms in total. The number of anilines is 1. The lowest BCUT2D eigenvalue weighted by Gasteiger charge is -2.19. The quantitative estimate of drug-likeness (QED) is 0.575. The van der Waals surface area contributed by atoms with Crippen molar-refractivity contribution in [2.24, 2.45) is 0 Å². The number of amides is 1. The third-order valence-electron chi connectivity index (χ3n) is 4.72. The van der Waals surface area contributed by atoms with Crippen LogP contribution in [0.5, 0.6) is 5.75 Å². The maximum Gasteiger partial charge on any atom is 0.337 e. The predicted molar refractivity (Wildman–Crippen MR) is 116 cm³/mol. The third-order valence-corrected chi connectivity index (χ3v) is 4.72. The van der Waals surface area contributed by atoms with E-state index in [2.05, 4.69) is 5.32 Å². The van der Waals surface area contributed by atoms with Gasteiger partial charge in [0.2, 0.25) is 0 Å². The van der Waals surface area contributed by atoms with Gasteiger partial charge in [0.1, 0.15) is 5.75 Å². The monoisotopic (exact) mass is 421 g/mol. The van der Waals surface area contributed by atoms with E-state index in [1.807, 2.05) is 49.4 Å². The van der Waals surface area contributed by atoms with Crippen molar-refractivity contribution in [2.75, 3.05) is 19.5 Å². The van der Waals surface area contributed by atoms with Crippen molar-refractivity contribution in [2.45, 2.75) is 19.4 Å². The SMILES string of the molecule is CC[C@H](Oc1cccc2ccccc12)C(=O)Nc1cc(C(=O)OC)cc(C(=O)OC)c1. The van der Waals surface area contributed by atoms with Gasteiger partial charge in [-0.05, 0) is 36.1 Å². The fourth-order valence-corrected chi connectivity index (χ4v) is 3.17. The summed E-state index contributed by atoms with van der Waals surface area (Å²) in [6.45, 7) is 1.83. The second kappa shape index (κ2) is 9.75. The molecular weight excluding hydrogens is 398 g/mol. The lowest BCUT2D eigenvalue weighted by molar-refractivity contribution is -0.122. The van der Waals surface area contributed by atoms with E-state index < -0.39 is 23.9 Å². The lowest BCUT2D eigenvalue weighted by Crippen LogP contribution is -2.32. The molecule has 0 bridgehead atoms. The number of hydrogen-bond donors (Lipinski definition) is 1. The molecule has 3 aromatic rings. The fourth-order valence-electron chi connectivity index (χ4n) is 3.17. The average Bonchev–Trinajstić information content (AvgIpc) is 2.81. The van der Waals surface area contributed by atoms with E-state index in [0.29, 0.717) is 12.2 Å². The Bertz CT molecular complexity index is 1080. The highest BCUT2D eigenvalue weighted by molar-refractivity contribution is 6.00. The summed E-state index contributed by atoms with van der Waals surface area (Å²) in [6.07, 6.45) is -0.371. The summed E-state index contributed by atoms with van der Waals surface area (Å²) in [4.78, 5) is 36.8. The van der Waals surface area contributed by atoms with Gasteiger partial charge in [0.05, 0.1) is 25.3 Å². The van der Waals surface area contributed by atoms with Crippen molar-refractivity contribution < 1.29 is 28.6 Å². The lowest BCUT2D eigenvalue weighted by atomic mass is 10.1. The number of rotatable bonds is 7. The number of fused-ring (bicyclic) bond motifs is 1. The fraction of sp³-hybridized carbons (Fsp3) is 0.208. The van der Waals surface area contributed by atoms with Gasteiger partial charge in [-0.15, -0.1) is 0 Å². The molecule has 0 heterocycles. The highest BCUT2D eigenvalue weighted by Crippen LogP contribution is 2.27. The largest absolute Gasteiger partial charge is 0.480 e. The van der Waals surface area contributed by atoms with Crippen LogP contribution in [-0.4, -0.2) is 38.2 Å². The summed E-state index contributed by atoms with van der Waals surface area (Å²) in [5, 5.41) is 4.62. The van der Waals surface area contributed by atoms with E-state index in [-0.39, 0.29) is 16.8 Å². The van der Waals surface area contributed by atoms with Gasteiger partial charge < -0.3 is 19.5 Å². The molecule has 0 aromatic heterocycles. The second-order valence-electron chi connectivity index (χ2n) is 6.76. The van der Waals surface area contributed by atoms with Gasteiger partial charge in [0.25, 0.3) is 5.91 Å². The number of ether oxygens (including phenoxy) is 3. The molecule has 0 aliphatic heterocycles. The summed E-state index contributed by atoms with van der Waals surface area (Å²) in [6, 6.07) is 17.6. The first-order chi connectivity index (χ1) is 15.0.